The molecule has 8 heteroatoms. The highest BCUT2D eigenvalue weighted by atomic mass is 35.5. The molecule has 1 saturated heterocycles. The van der Waals surface area contributed by atoms with Crippen LogP contribution in [0.2, 0.25) is 0 Å². The SMILES string of the molecule is Cc1nc2c3ccccc3nn2c(C)c1CCC(=O)NCC1CNCC1O.Cl. The van der Waals surface area contributed by atoms with Gasteiger partial charge in [-0.25, -0.2) is 9.50 Å². The molecule has 0 aliphatic carbocycles. The number of amides is 1. The molecular weight excluding hydrogens is 378 g/mol. The second kappa shape index (κ2) is 8.43. The topological polar surface area (TPSA) is 91.6 Å². The monoisotopic (exact) mass is 403 g/mol. The summed E-state index contributed by atoms with van der Waals surface area (Å²) in [6.45, 7) is 5.87. The van der Waals surface area contributed by atoms with Crippen molar-refractivity contribution in [3.63, 3.8) is 0 Å². The molecule has 1 fully saturated rings. The van der Waals surface area contributed by atoms with Gasteiger partial charge in [-0.2, -0.15) is 5.10 Å². The van der Waals surface area contributed by atoms with Crippen LogP contribution in [0.3, 0.4) is 0 Å². The molecule has 1 aromatic carbocycles. The molecule has 2 unspecified atom stereocenters. The van der Waals surface area contributed by atoms with Gasteiger partial charge in [0.15, 0.2) is 5.65 Å². The zero-order chi connectivity index (χ0) is 19.0. The maximum Gasteiger partial charge on any atom is 0.220 e. The Balaban J connectivity index is 0.00000225. The van der Waals surface area contributed by atoms with Crippen molar-refractivity contribution >= 4 is 34.9 Å². The van der Waals surface area contributed by atoms with Gasteiger partial charge in [-0.1, -0.05) is 12.1 Å². The van der Waals surface area contributed by atoms with E-state index in [1.807, 2.05) is 42.6 Å². The van der Waals surface area contributed by atoms with Crippen molar-refractivity contribution < 1.29 is 9.90 Å². The Bertz CT molecular complexity index is 1000. The van der Waals surface area contributed by atoms with E-state index >= 15 is 0 Å². The third-order valence-electron chi connectivity index (χ3n) is 5.49. The Labute approximate surface area is 169 Å². The highest BCUT2D eigenvalue weighted by molar-refractivity contribution is 5.92. The molecule has 0 spiro atoms. The quantitative estimate of drug-likeness (QED) is 0.601. The van der Waals surface area contributed by atoms with E-state index in [0.717, 1.165) is 40.0 Å². The number of aliphatic hydroxyl groups is 1. The van der Waals surface area contributed by atoms with E-state index in [1.165, 1.54) is 0 Å². The number of aryl methyl sites for hydroxylation is 2. The molecule has 7 nitrogen and oxygen atoms in total. The molecule has 150 valence electrons. The number of hydrogen-bond donors (Lipinski definition) is 3. The van der Waals surface area contributed by atoms with Gasteiger partial charge in [0.05, 0.1) is 11.6 Å². The van der Waals surface area contributed by atoms with Crippen molar-refractivity contribution in [3.05, 3.63) is 41.2 Å². The zero-order valence-electron chi connectivity index (χ0n) is 16.1. The van der Waals surface area contributed by atoms with Crippen molar-refractivity contribution in [2.24, 2.45) is 5.92 Å². The van der Waals surface area contributed by atoms with Crippen molar-refractivity contribution in [3.8, 4) is 0 Å². The molecule has 1 amide bonds. The number of halogens is 1. The van der Waals surface area contributed by atoms with Gasteiger partial charge in [0.1, 0.15) is 0 Å². The van der Waals surface area contributed by atoms with E-state index in [1.54, 1.807) is 0 Å². The first-order valence-corrected chi connectivity index (χ1v) is 9.43. The predicted molar refractivity (Wildman–Crippen MR) is 111 cm³/mol. The number of carbonyl (C=O) groups is 1. The average Bonchev–Trinajstić information content (AvgIpc) is 3.23. The number of rotatable bonds is 5. The van der Waals surface area contributed by atoms with Gasteiger partial charge in [0.25, 0.3) is 0 Å². The van der Waals surface area contributed by atoms with Crippen molar-refractivity contribution in [1.82, 2.24) is 25.2 Å². The van der Waals surface area contributed by atoms with Crippen molar-refractivity contribution in [2.75, 3.05) is 19.6 Å². The first-order valence-electron chi connectivity index (χ1n) is 9.43. The normalized spacial score (nSPS) is 19.1. The number of aromatic nitrogens is 3. The lowest BCUT2D eigenvalue weighted by atomic mass is 10.0. The average molecular weight is 404 g/mol. The Morgan fingerprint density at radius 1 is 1.32 bits per heavy atom. The number of benzene rings is 1. The molecule has 1 aliphatic heterocycles. The predicted octanol–water partition coefficient (Wildman–Crippen LogP) is 1.55. The Morgan fingerprint density at radius 2 is 2.11 bits per heavy atom. The van der Waals surface area contributed by atoms with Crippen LogP contribution >= 0.6 is 12.4 Å². The summed E-state index contributed by atoms with van der Waals surface area (Å²) in [5.41, 5.74) is 4.81. The smallest absolute Gasteiger partial charge is 0.220 e. The minimum atomic E-state index is -0.379. The first-order chi connectivity index (χ1) is 13.0. The molecule has 28 heavy (non-hydrogen) atoms. The third-order valence-corrected chi connectivity index (χ3v) is 5.49. The Hall–Kier alpha value is -2.22. The second-order valence-electron chi connectivity index (χ2n) is 7.30. The number of hydrogen-bond acceptors (Lipinski definition) is 5. The summed E-state index contributed by atoms with van der Waals surface area (Å²) in [6, 6.07) is 7.98. The van der Waals surface area contributed by atoms with Gasteiger partial charge in [-0.3, -0.25) is 4.79 Å². The van der Waals surface area contributed by atoms with Gasteiger partial charge in [-0.15, -0.1) is 12.4 Å². The lowest BCUT2D eigenvalue weighted by Gasteiger charge is -2.15. The van der Waals surface area contributed by atoms with Gasteiger partial charge in [0, 0.05) is 48.7 Å². The Morgan fingerprint density at radius 3 is 2.86 bits per heavy atom. The molecule has 3 N–H and O–H groups in total. The maximum absolute atomic E-state index is 12.3. The number of aliphatic hydroxyl groups excluding tert-OH is 1. The molecule has 0 radical (unpaired) electrons. The van der Waals surface area contributed by atoms with E-state index in [-0.39, 0.29) is 30.3 Å². The van der Waals surface area contributed by atoms with Crippen LogP contribution in [0.25, 0.3) is 16.6 Å². The van der Waals surface area contributed by atoms with Crippen molar-refractivity contribution in [1.29, 1.82) is 0 Å². The second-order valence-corrected chi connectivity index (χ2v) is 7.30. The fourth-order valence-electron chi connectivity index (χ4n) is 3.84. The fraction of sp³-hybridized carbons (Fsp3) is 0.450. The van der Waals surface area contributed by atoms with Crippen molar-refractivity contribution in [2.45, 2.75) is 32.8 Å². The van der Waals surface area contributed by atoms with Crippen LogP contribution in [0.15, 0.2) is 24.3 Å². The molecular formula is C20H26ClN5O2. The lowest BCUT2D eigenvalue weighted by molar-refractivity contribution is -0.121. The zero-order valence-corrected chi connectivity index (χ0v) is 16.9. The van der Waals surface area contributed by atoms with E-state index < -0.39 is 0 Å². The summed E-state index contributed by atoms with van der Waals surface area (Å²) >= 11 is 0. The lowest BCUT2D eigenvalue weighted by Crippen LogP contribution is -2.34. The summed E-state index contributed by atoms with van der Waals surface area (Å²) in [5.74, 6) is 0.0885. The minimum Gasteiger partial charge on any atom is -0.391 e. The number of fused-ring (bicyclic) bond motifs is 3. The van der Waals surface area contributed by atoms with Crippen LogP contribution in [0.4, 0.5) is 0 Å². The van der Waals surface area contributed by atoms with Gasteiger partial charge >= 0.3 is 0 Å². The van der Waals surface area contributed by atoms with Crippen LogP contribution in [0.1, 0.15) is 23.4 Å². The summed E-state index contributed by atoms with van der Waals surface area (Å²) in [7, 11) is 0. The number of nitrogens with zero attached hydrogens (tertiary/aromatic N) is 3. The van der Waals surface area contributed by atoms with Gasteiger partial charge in [-0.05, 0) is 38.0 Å². The fourth-order valence-corrected chi connectivity index (χ4v) is 3.84. The van der Waals surface area contributed by atoms with Gasteiger partial charge < -0.3 is 15.7 Å². The van der Waals surface area contributed by atoms with Crippen LogP contribution in [-0.2, 0) is 11.2 Å². The largest absolute Gasteiger partial charge is 0.391 e. The van der Waals surface area contributed by atoms with E-state index in [2.05, 4.69) is 15.7 Å². The number of carbonyl (C=O) groups excluding carboxylic acids is 1. The molecule has 3 heterocycles. The molecule has 4 rings (SSSR count). The highest BCUT2D eigenvalue weighted by Gasteiger charge is 2.25. The molecule has 3 aromatic rings. The van der Waals surface area contributed by atoms with E-state index in [9.17, 15) is 9.90 Å². The summed E-state index contributed by atoms with van der Waals surface area (Å²) < 4.78 is 1.88. The summed E-state index contributed by atoms with van der Waals surface area (Å²) in [5, 5.41) is 21.6. The van der Waals surface area contributed by atoms with Crippen LogP contribution in [0, 0.1) is 19.8 Å². The molecule has 0 saturated carbocycles. The standard InChI is InChI=1S/C20H25N5O2.ClH/c1-12-15(7-8-19(27)22-10-14-9-21-11-18(14)26)13(2)25-20(23-12)16-5-3-4-6-17(16)24-25;/h3-6,14,18,21,26H,7-11H2,1-2H3,(H,22,27);1H. The molecule has 1 aliphatic rings. The van der Waals surface area contributed by atoms with Crippen LogP contribution in [0.5, 0.6) is 0 Å². The molecule has 2 aromatic heterocycles. The number of β-amino-alcohol motifs (C(OH)–C–C–N with tert-alkyl or cyclic N) is 1. The van der Waals surface area contributed by atoms with Crippen LogP contribution < -0.4 is 10.6 Å². The van der Waals surface area contributed by atoms with Crippen LogP contribution in [-0.4, -0.2) is 51.4 Å². The minimum absolute atomic E-state index is 0. The third kappa shape index (κ3) is 3.83. The first kappa shape index (κ1) is 20.5. The highest BCUT2D eigenvalue weighted by Crippen LogP contribution is 2.22. The number of nitrogens with one attached hydrogen (secondary N) is 2. The summed E-state index contributed by atoms with van der Waals surface area (Å²) in [4.78, 5) is 17.0. The molecule has 2 atom stereocenters. The summed E-state index contributed by atoms with van der Waals surface area (Å²) in [6.07, 6.45) is 0.635. The van der Waals surface area contributed by atoms with E-state index in [4.69, 9.17) is 4.98 Å². The maximum atomic E-state index is 12.3. The Kier molecular flexibility index (Phi) is 6.17. The van der Waals surface area contributed by atoms with Gasteiger partial charge in [0.2, 0.25) is 5.91 Å². The molecule has 0 bridgehead atoms. The van der Waals surface area contributed by atoms with E-state index in [0.29, 0.717) is 25.9 Å².